The number of rotatable bonds is 4. The van der Waals surface area contributed by atoms with Gasteiger partial charge in [0.25, 0.3) is 0 Å². The van der Waals surface area contributed by atoms with Crippen LogP contribution in [0.1, 0.15) is 37.9 Å². The molecule has 8 nitrogen and oxygen atoms in total. The van der Waals surface area contributed by atoms with Crippen LogP contribution in [0.2, 0.25) is 0 Å². The van der Waals surface area contributed by atoms with E-state index < -0.39 is 6.04 Å². The van der Waals surface area contributed by atoms with Gasteiger partial charge in [0.15, 0.2) is 0 Å². The molecule has 1 aliphatic rings. The normalized spacial score (nSPS) is 16.4. The summed E-state index contributed by atoms with van der Waals surface area (Å²) in [5, 5.41) is 11.4. The Balaban J connectivity index is 1.64. The van der Waals surface area contributed by atoms with E-state index >= 15 is 0 Å². The fraction of sp³-hybridized carbons (Fsp3) is 0.625. The molecule has 2 amide bonds. The second-order valence-electron chi connectivity index (χ2n) is 6.37. The summed E-state index contributed by atoms with van der Waals surface area (Å²) >= 11 is 0. The topological polar surface area (TPSA) is 85.0 Å². The van der Waals surface area contributed by atoms with Crippen LogP contribution in [0.5, 0.6) is 0 Å². The number of fused-ring (bicyclic) bond motifs is 1. The molecule has 0 aromatic carbocycles. The van der Waals surface area contributed by atoms with E-state index in [0.717, 1.165) is 42.7 Å². The first kappa shape index (κ1) is 16.5. The maximum atomic E-state index is 12.4. The van der Waals surface area contributed by atoms with Crippen LogP contribution in [0.4, 0.5) is 0 Å². The largest absolute Gasteiger partial charge is 0.345 e. The summed E-state index contributed by atoms with van der Waals surface area (Å²) in [6, 6.07) is -0.500. The van der Waals surface area contributed by atoms with E-state index in [0.29, 0.717) is 0 Å². The average Bonchev–Trinajstić information content (AvgIpc) is 3.15. The molecule has 3 rings (SSSR count). The highest BCUT2D eigenvalue weighted by molar-refractivity contribution is 5.88. The van der Waals surface area contributed by atoms with E-state index in [1.807, 2.05) is 18.9 Å². The number of carbonyl (C=O) groups excluding carboxylic acids is 2. The smallest absolute Gasteiger partial charge is 0.245 e. The Hall–Kier alpha value is -2.38. The molecular weight excluding hydrogens is 308 g/mol. The Morgan fingerprint density at radius 1 is 1.29 bits per heavy atom. The SMILES string of the molecule is Cc1nn(C)c2cnn([C@H](C)C(=O)NCC(=O)N3CCCCC3)c12. The Morgan fingerprint density at radius 3 is 2.71 bits per heavy atom. The number of hydrogen-bond donors (Lipinski definition) is 1. The van der Waals surface area contributed by atoms with E-state index in [2.05, 4.69) is 15.5 Å². The zero-order valence-corrected chi connectivity index (χ0v) is 14.4. The predicted octanol–water partition coefficient (Wildman–Crippen LogP) is 0.768. The highest BCUT2D eigenvalue weighted by Gasteiger charge is 2.23. The van der Waals surface area contributed by atoms with E-state index in [9.17, 15) is 9.59 Å². The van der Waals surface area contributed by atoms with Gasteiger partial charge in [-0.25, -0.2) is 4.68 Å². The van der Waals surface area contributed by atoms with Crippen molar-refractivity contribution in [3.05, 3.63) is 11.9 Å². The molecule has 0 saturated carbocycles. The Labute approximate surface area is 140 Å². The highest BCUT2D eigenvalue weighted by atomic mass is 16.2. The third-order valence-corrected chi connectivity index (χ3v) is 4.64. The lowest BCUT2D eigenvalue weighted by Gasteiger charge is -2.27. The van der Waals surface area contributed by atoms with Crippen molar-refractivity contribution in [3.8, 4) is 0 Å². The first-order valence-electron chi connectivity index (χ1n) is 8.41. The number of aryl methyl sites for hydroxylation is 2. The van der Waals surface area contributed by atoms with Gasteiger partial charge in [-0.15, -0.1) is 0 Å². The molecule has 1 fully saturated rings. The molecule has 8 heteroatoms. The number of nitrogens with zero attached hydrogens (tertiary/aromatic N) is 5. The lowest BCUT2D eigenvalue weighted by Crippen LogP contribution is -2.43. The molecule has 0 bridgehead atoms. The number of aromatic nitrogens is 4. The average molecular weight is 332 g/mol. The minimum atomic E-state index is -0.500. The van der Waals surface area contributed by atoms with Crippen LogP contribution in [0.3, 0.4) is 0 Å². The number of piperidine rings is 1. The molecule has 1 N–H and O–H groups in total. The number of likely N-dealkylation sites (tertiary alicyclic amines) is 1. The molecule has 3 heterocycles. The fourth-order valence-electron chi connectivity index (χ4n) is 3.24. The molecular formula is C16H24N6O2. The van der Waals surface area contributed by atoms with Gasteiger partial charge >= 0.3 is 0 Å². The van der Waals surface area contributed by atoms with Crippen LogP contribution in [-0.4, -0.2) is 55.9 Å². The van der Waals surface area contributed by atoms with Crippen molar-refractivity contribution in [1.82, 2.24) is 29.8 Å². The van der Waals surface area contributed by atoms with Gasteiger partial charge in [0.05, 0.1) is 18.4 Å². The van der Waals surface area contributed by atoms with Crippen LogP contribution in [0.25, 0.3) is 11.0 Å². The molecule has 1 saturated heterocycles. The van der Waals surface area contributed by atoms with Gasteiger partial charge in [-0.2, -0.15) is 10.2 Å². The minimum absolute atomic E-state index is 0.0154. The summed E-state index contributed by atoms with van der Waals surface area (Å²) < 4.78 is 3.41. The quantitative estimate of drug-likeness (QED) is 0.896. The monoisotopic (exact) mass is 332 g/mol. The molecule has 24 heavy (non-hydrogen) atoms. The van der Waals surface area contributed by atoms with E-state index in [1.165, 1.54) is 6.42 Å². The van der Waals surface area contributed by atoms with Crippen molar-refractivity contribution in [1.29, 1.82) is 0 Å². The molecule has 2 aromatic rings. The predicted molar refractivity (Wildman–Crippen MR) is 89.4 cm³/mol. The van der Waals surface area contributed by atoms with Crippen molar-refractivity contribution >= 4 is 22.8 Å². The summed E-state index contributed by atoms with van der Waals surface area (Å²) in [7, 11) is 1.85. The van der Waals surface area contributed by atoms with Crippen molar-refractivity contribution in [2.75, 3.05) is 19.6 Å². The number of carbonyl (C=O) groups is 2. The van der Waals surface area contributed by atoms with Crippen molar-refractivity contribution < 1.29 is 9.59 Å². The van der Waals surface area contributed by atoms with Crippen molar-refractivity contribution in [2.24, 2.45) is 7.05 Å². The summed E-state index contributed by atoms with van der Waals surface area (Å²) in [6.45, 7) is 5.29. The Morgan fingerprint density at radius 2 is 2.00 bits per heavy atom. The highest BCUT2D eigenvalue weighted by Crippen LogP contribution is 2.20. The zero-order chi connectivity index (χ0) is 17.3. The molecule has 0 unspecified atom stereocenters. The maximum Gasteiger partial charge on any atom is 0.245 e. The van der Waals surface area contributed by atoms with Crippen molar-refractivity contribution in [2.45, 2.75) is 39.2 Å². The minimum Gasteiger partial charge on any atom is -0.345 e. The summed E-state index contributed by atoms with van der Waals surface area (Å²) in [5.74, 6) is -0.230. The standard InChI is InChI=1S/C16H24N6O2/c1-11-15-13(20(3)19-11)9-18-22(15)12(2)16(24)17-10-14(23)21-7-5-4-6-8-21/h9,12H,4-8,10H2,1-3H3,(H,17,24)/t12-/m1/s1. The first-order chi connectivity index (χ1) is 11.5. The molecule has 1 aliphatic heterocycles. The molecule has 130 valence electrons. The van der Waals surface area contributed by atoms with E-state index in [1.54, 1.807) is 22.5 Å². The lowest BCUT2D eigenvalue weighted by atomic mass is 10.1. The second-order valence-corrected chi connectivity index (χ2v) is 6.37. The number of nitrogens with one attached hydrogen (secondary N) is 1. The van der Waals surface area contributed by atoms with Gasteiger partial charge in [-0.1, -0.05) is 0 Å². The zero-order valence-electron chi connectivity index (χ0n) is 14.4. The van der Waals surface area contributed by atoms with Crippen molar-refractivity contribution in [3.63, 3.8) is 0 Å². The van der Waals surface area contributed by atoms with Crippen LogP contribution in [0.15, 0.2) is 6.20 Å². The second kappa shape index (κ2) is 6.62. The summed E-state index contributed by atoms with van der Waals surface area (Å²) in [6.07, 6.45) is 4.97. The Bertz CT molecular complexity index is 756. The van der Waals surface area contributed by atoms with Gasteiger partial charge in [0.2, 0.25) is 11.8 Å². The van der Waals surface area contributed by atoms with Gasteiger partial charge in [-0.3, -0.25) is 14.3 Å². The summed E-state index contributed by atoms with van der Waals surface area (Å²) in [4.78, 5) is 26.4. The van der Waals surface area contributed by atoms with E-state index in [-0.39, 0.29) is 18.4 Å². The molecule has 0 radical (unpaired) electrons. The summed E-state index contributed by atoms with van der Waals surface area (Å²) in [5.41, 5.74) is 2.56. The third kappa shape index (κ3) is 3.00. The third-order valence-electron chi connectivity index (χ3n) is 4.64. The number of amides is 2. The maximum absolute atomic E-state index is 12.4. The Kier molecular flexibility index (Phi) is 4.55. The van der Waals surface area contributed by atoms with E-state index in [4.69, 9.17) is 0 Å². The van der Waals surface area contributed by atoms with Gasteiger partial charge in [-0.05, 0) is 33.1 Å². The molecule has 1 atom stereocenters. The molecule has 0 spiro atoms. The molecule has 0 aliphatic carbocycles. The van der Waals surface area contributed by atoms with Crippen LogP contribution in [-0.2, 0) is 16.6 Å². The van der Waals surface area contributed by atoms with Gasteiger partial charge in [0.1, 0.15) is 17.1 Å². The van der Waals surface area contributed by atoms with Gasteiger partial charge in [0, 0.05) is 20.1 Å². The fourth-order valence-corrected chi connectivity index (χ4v) is 3.24. The van der Waals surface area contributed by atoms with Crippen LogP contribution < -0.4 is 5.32 Å². The van der Waals surface area contributed by atoms with Gasteiger partial charge < -0.3 is 10.2 Å². The number of hydrogen-bond acceptors (Lipinski definition) is 4. The molecule has 2 aromatic heterocycles. The van der Waals surface area contributed by atoms with Crippen LogP contribution in [0, 0.1) is 6.92 Å². The lowest BCUT2D eigenvalue weighted by molar-refractivity contribution is -0.134. The first-order valence-corrected chi connectivity index (χ1v) is 8.41. The van der Waals surface area contributed by atoms with Crippen LogP contribution >= 0.6 is 0 Å².